The van der Waals surface area contributed by atoms with Gasteiger partial charge >= 0.3 is 30.8 Å². The maximum absolute atomic E-state index is 12.4. The van der Waals surface area contributed by atoms with Crippen molar-refractivity contribution in [1.82, 2.24) is 25.3 Å². The van der Waals surface area contributed by atoms with Crippen molar-refractivity contribution in [2.45, 2.75) is 25.4 Å². The number of benzene rings is 1. The van der Waals surface area contributed by atoms with Gasteiger partial charge in [-0.2, -0.15) is 9.97 Å². The molecule has 3 rings (SSSR count). The Kier molecular flexibility index (Phi) is 8.71. The number of fused-ring (bicyclic) bond motifs is 1. The van der Waals surface area contributed by atoms with Crippen LogP contribution in [0, 0.1) is 0 Å². The molecule has 13 nitrogen and oxygen atoms in total. The minimum atomic E-state index is -1.30. The van der Waals surface area contributed by atoms with Crippen molar-refractivity contribution in [1.29, 1.82) is 0 Å². The van der Waals surface area contributed by atoms with E-state index in [1.165, 1.54) is 12.1 Å². The Balaban J connectivity index is 0.00000306. The number of nitrogens with one attached hydrogen (secondary N) is 1. The van der Waals surface area contributed by atoms with E-state index in [2.05, 4.69) is 25.3 Å². The van der Waals surface area contributed by atoms with Gasteiger partial charge in [0.05, 0.1) is 18.4 Å². The number of nitrogen functional groups attached to an aromatic ring is 2. The maximum atomic E-state index is 12.4. The van der Waals surface area contributed by atoms with Gasteiger partial charge in [-0.1, -0.05) is 0 Å². The van der Waals surface area contributed by atoms with Gasteiger partial charge in [-0.3, -0.25) is 9.59 Å². The number of carbonyl (C=O) groups is 3. The zero-order valence-corrected chi connectivity index (χ0v) is 18.6. The van der Waals surface area contributed by atoms with Crippen molar-refractivity contribution < 1.29 is 44.9 Å². The number of rotatable bonds is 9. The first-order valence-electron chi connectivity index (χ1n) is 9.75. The summed E-state index contributed by atoms with van der Waals surface area (Å²) in [4.78, 5) is 52.7. The van der Waals surface area contributed by atoms with Crippen LogP contribution in [0.3, 0.4) is 0 Å². The van der Waals surface area contributed by atoms with E-state index in [4.69, 9.17) is 16.6 Å². The smallest absolute Gasteiger partial charge is 1.00 e. The molecule has 34 heavy (non-hydrogen) atoms. The minimum absolute atomic E-state index is 0. The predicted molar refractivity (Wildman–Crippen MR) is 119 cm³/mol. The third-order valence-corrected chi connectivity index (χ3v) is 4.72. The summed E-state index contributed by atoms with van der Waals surface area (Å²) in [6, 6.07) is 5.16. The summed E-state index contributed by atoms with van der Waals surface area (Å²) in [6.07, 6.45) is 0.964. The molecule has 2 aromatic heterocycles. The van der Waals surface area contributed by atoms with E-state index in [1.54, 1.807) is 18.3 Å². The first-order valence-corrected chi connectivity index (χ1v) is 9.75. The van der Waals surface area contributed by atoms with Crippen LogP contribution in [0.5, 0.6) is 0 Å². The molecule has 7 N–H and O–H groups in total. The topological polar surface area (TPSA) is 211 Å². The fourth-order valence-electron chi connectivity index (χ4n) is 3.03. The number of nitrogens with zero attached hydrogens (tertiary/aromatic N) is 5. The van der Waals surface area contributed by atoms with Gasteiger partial charge < -0.3 is 33.3 Å². The predicted octanol–water partition coefficient (Wildman–Crippen LogP) is -2.62. The quantitative estimate of drug-likeness (QED) is 0.207. The first-order chi connectivity index (χ1) is 15.6. The molecule has 0 aliphatic heterocycles. The number of carboxylic acids is 2. The Morgan fingerprint density at radius 2 is 1.79 bits per heavy atom. The SMILES string of the molecule is CN(Cc1cnc2nc(N)nc(N)c2n1)c1ccc(C(=O)N[C@@H](CCC(=O)O)C(=O)O)cc1.[H-].[Li+]. The summed E-state index contributed by atoms with van der Waals surface area (Å²) >= 11 is 0. The molecular formula is C20H23LiN8O5. The fourth-order valence-corrected chi connectivity index (χ4v) is 3.03. The molecule has 1 amide bonds. The van der Waals surface area contributed by atoms with Gasteiger partial charge in [0.25, 0.3) is 5.91 Å². The summed E-state index contributed by atoms with van der Waals surface area (Å²) < 4.78 is 0. The Morgan fingerprint density at radius 3 is 2.41 bits per heavy atom. The molecule has 0 saturated heterocycles. The molecule has 174 valence electrons. The number of hydrogen-bond donors (Lipinski definition) is 5. The number of amides is 1. The van der Waals surface area contributed by atoms with Gasteiger partial charge in [0.1, 0.15) is 6.04 Å². The summed E-state index contributed by atoms with van der Waals surface area (Å²) in [5.74, 6) is -2.91. The van der Waals surface area contributed by atoms with Crippen LogP contribution in [0.4, 0.5) is 17.5 Å². The van der Waals surface area contributed by atoms with E-state index in [-0.39, 0.29) is 50.5 Å². The van der Waals surface area contributed by atoms with Crippen LogP contribution in [-0.2, 0) is 16.1 Å². The molecule has 0 saturated carbocycles. The molecule has 14 heteroatoms. The third kappa shape index (κ3) is 6.53. The number of aliphatic carboxylic acids is 2. The molecule has 1 aromatic carbocycles. The number of hydrogen-bond acceptors (Lipinski definition) is 10. The summed E-state index contributed by atoms with van der Waals surface area (Å²) in [6.45, 7) is 0.370. The Bertz CT molecular complexity index is 1210. The van der Waals surface area contributed by atoms with Crippen LogP contribution in [0.2, 0.25) is 0 Å². The molecule has 0 unspecified atom stereocenters. The summed E-state index contributed by atoms with van der Waals surface area (Å²) in [5.41, 5.74) is 13.7. The first kappa shape index (κ1) is 26.3. The summed E-state index contributed by atoms with van der Waals surface area (Å²) in [5, 5.41) is 20.2. The van der Waals surface area contributed by atoms with Crippen molar-refractivity contribution in [2.75, 3.05) is 23.4 Å². The standard InChI is InChI=1S/C20H22N8O5.Li.H/c1-28(9-11-8-23-17-15(24-11)16(21)26-20(22)27-17)12-4-2-10(3-5-12)18(31)25-13(19(32)33)6-7-14(29)30;;/h2-5,8,13H,6-7,9H2,1H3,(H,25,31)(H,29,30)(H,32,33)(H4,21,22,23,26,27);;/q;+1;-1/t13-;;/m0../s1. The maximum Gasteiger partial charge on any atom is 1.00 e. The monoisotopic (exact) mass is 462 g/mol. The van der Waals surface area contributed by atoms with Gasteiger partial charge in [-0.05, 0) is 30.7 Å². The van der Waals surface area contributed by atoms with E-state index in [1.807, 2.05) is 11.9 Å². The van der Waals surface area contributed by atoms with Crippen LogP contribution in [0.1, 0.15) is 30.3 Å². The van der Waals surface area contributed by atoms with Crippen LogP contribution >= 0.6 is 0 Å². The van der Waals surface area contributed by atoms with Crippen molar-refractivity contribution in [3.05, 3.63) is 41.7 Å². The van der Waals surface area contributed by atoms with E-state index in [0.717, 1.165) is 5.69 Å². The van der Waals surface area contributed by atoms with E-state index >= 15 is 0 Å². The molecule has 1 atom stereocenters. The second-order valence-electron chi connectivity index (χ2n) is 7.20. The van der Waals surface area contributed by atoms with Crippen LogP contribution < -0.4 is 40.5 Å². The third-order valence-electron chi connectivity index (χ3n) is 4.72. The number of carbonyl (C=O) groups excluding carboxylic acids is 1. The number of carboxylic acid groups (broad SMARTS) is 2. The summed E-state index contributed by atoms with van der Waals surface area (Å²) in [7, 11) is 1.82. The largest absolute Gasteiger partial charge is 1.00 e. The van der Waals surface area contributed by atoms with Crippen molar-refractivity contribution in [3.8, 4) is 0 Å². The van der Waals surface area contributed by atoms with Crippen LogP contribution in [-0.4, -0.2) is 61.1 Å². The molecule has 0 radical (unpaired) electrons. The normalized spacial score (nSPS) is 11.3. The molecule has 2 heterocycles. The van der Waals surface area contributed by atoms with Crippen LogP contribution in [0.15, 0.2) is 30.5 Å². The molecule has 0 spiro atoms. The zero-order valence-electron chi connectivity index (χ0n) is 19.6. The number of nitrogens with two attached hydrogens (primary N) is 2. The molecule has 0 aliphatic carbocycles. The molecular weight excluding hydrogens is 439 g/mol. The molecule has 0 bridgehead atoms. The van der Waals surface area contributed by atoms with Gasteiger partial charge in [0.2, 0.25) is 5.95 Å². The molecule has 0 aliphatic rings. The minimum Gasteiger partial charge on any atom is -1.00 e. The van der Waals surface area contributed by atoms with E-state index in [0.29, 0.717) is 23.4 Å². The van der Waals surface area contributed by atoms with Crippen LogP contribution in [0.25, 0.3) is 11.2 Å². The average Bonchev–Trinajstić information content (AvgIpc) is 2.76. The van der Waals surface area contributed by atoms with E-state index < -0.39 is 23.9 Å². The van der Waals surface area contributed by atoms with Gasteiger partial charge in [-0.15, -0.1) is 0 Å². The Hall–Kier alpha value is -3.95. The Labute approximate surface area is 207 Å². The van der Waals surface area contributed by atoms with E-state index in [9.17, 15) is 19.5 Å². The second kappa shape index (κ2) is 11.3. The van der Waals surface area contributed by atoms with Gasteiger partial charge in [0, 0.05) is 24.7 Å². The van der Waals surface area contributed by atoms with Crippen molar-refractivity contribution >= 4 is 46.5 Å². The van der Waals surface area contributed by atoms with Crippen molar-refractivity contribution in [3.63, 3.8) is 0 Å². The van der Waals surface area contributed by atoms with Gasteiger partial charge in [-0.25, -0.2) is 14.8 Å². The Morgan fingerprint density at radius 1 is 1.12 bits per heavy atom. The molecule has 0 fully saturated rings. The van der Waals surface area contributed by atoms with Crippen molar-refractivity contribution in [2.24, 2.45) is 0 Å². The number of aromatic nitrogens is 4. The zero-order chi connectivity index (χ0) is 24.1. The average molecular weight is 462 g/mol. The second-order valence-corrected chi connectivity index (χ2v) is 7.20. The number of anilines is 3. The van der Waals surface area contributed by atoms with Gasteiger partial charge in [0.15, 0.2) is 17.0 Å². The fraction of sp³-hybridized carbons (Fsp3) is 0.250. The molecule has 3 aromatic rings.